The number of hydrogen-bond acceptors (Lipinski definition) is 4. The van der Waals surface area contributed by atoms with Gasteiger partial charge in [0.05, 0.1) is 11.2 Å². The Morgan fingerprint density at radius 3 is 2.61 bits per heavy atom. The summed E-state index contributed by atoms with van der Waals surface area (Å²) in [7, 11) is 1.65. The summed E-state index contributed by atoms with van der Waals surface area (Å²) in [5, 5.41) is 11.0. The molecule has 18 heavy (non-hydrogen) atoms. The highest BCUT2D eigenvalue weighted by atomic mass is 32.2. The predicted octanol–water partition coefficient (Wildman–Crippen LogP) is 3.49. The highest BCUT2D eigenvalue weighted by Crippen LogP contribution is 2.53. The highest BCUT2D eigenvalue weighted by molar-refractivity contribution is 8.18. The highest BCUT2D eigenvalue weighted by Gasteiger charge is 2.46. The zero-order valence-electron chi connectivity index (χ0n) is 11.1. The Hall–Kier alpha value is -0.320. The predicted molar refractivity (Wildman–Crippen MR) is 80.5 cm³/mol. The minimum Gasteiger partial charge on any atom is -0.497 e. The maximum Gasteiger partial charge on any atom is 0.119 e. The van der Waals surface area contributed by atoms with Crippen molar-refractivity contribution in [1.82, 2.24) is 0 Å². The summed E-state index contributed by atoms with van der Waals surface area (Å²) in [4.78, 5) is 0. The van der Waals surface area contributed by atoms with Crippen molar-refractivity contribution in [2.24, 2.45) is 0 Å². The first-order valence-electron chi connectivity index (χ1n) is 6.14. The molecule has 1 saturated heterocycles. The van der Waals surface area contributed by atoms with Crippen LogP contribution in [0.1, 0.15) is 25.8 Å². The zero-order chi connectivity index (χ0) is 13.2. The summed E-state index contributed by atoms with van der Waals surface area (Å²) in [5.74, 6) is 3.02. The van der Waals surface area contributed by atoms with Crippen molar-refractivity contribution in [3.63, 3.8) is 0 Å². The molecule has 1 aromatic carbocycles. The van der Waals surface area contributed by atoms with Gasteiger partial charge in [-0.05, 0) is 49.5 Å². The van der Waals surface area contributed by atoms with Gasteiger partial charge in [-0.25, -0.2) is 0 Å². The zero-order valence-corrected chi connectivity index (χ0v) is 12.7. The monoisotopic (exact) mass is 284 g/mol. The van der Waals surface area contributed by atoms with Gasteiger partial charge in [0.15, 0.2) is 0 Å². The Kier molecular flexibility index (Phi) is 4.19. The maximum absolute atomic E-state index is 11.0. The van der Waals surface area contributed by atoms with Crippen LogP contribution in [0.2, 0.25) is 0 Å². The molecule has 0 radical (unpaired) electrons. The van der Waals surface area contributed by atoms with Crippen LogP contribution in [0.5, 0.6) is 5.75 Å². The van der Waals surface area contributed by atoms with Crippen molar-refractivity contribution in [3.05, 3.63) is 29.8 Å². The number of thioether (sulfide) groups is 2. The van der Waals surface area contributed by atoms with E-state index < -0.39 is 5.60 Å². The Morgan fingerprint density at radius 1 is 1.33 bits per heavy atom. The number of rotatable bonds is 3. The molecular weight excluding hydrogens is 264 g/mol. The summed E-state index contributed by atoms with van der Waals surface area (Å²) >= 11 is 3.71. The van der Waals surface area contributed by atoms with Crippen molar-refractivity contribution < 1.29 is 9.84 Å². The largest absolute Gasteiger partial charge is 0.497 e. The summed E-state index contributed by atoms with van der Waals surface area (Å²) in [6.07, 6.45) is 1.22. The Bertz CT molecular complexity index is 412. The lowest BCUT2D eigenvalue weighted by Crippen LogP contribution is -2.44. The van der Waals surface area contributed by atoms with E-state index in [1.54, 1.807) is 7.11 Å². The number of hydrogen-bond donors (Lipinski definition) is 1. The first kappa shape index (κ1) is 14.1. The number of benzene rings is 1. The van der Waals surface area contributed by atoms with Gasteiger partial charge in [0.2, 0.25) is 0 Å². The van der Waals surface area contributed by atoms with Crippen LogP contribution >= 0.6 is 23.5 Å². The lowest BCUT2D eigenvalue weighted by Gasteiger charge is -2.44. The second-order valence-electron chi connectivity index (χ2n) is 4.80. The van der Waals surface area contributed by atoms with Crippen molar-refractivity contribution in [2.45, 2.75) is 29.9 Å². The van der Waals surface area contributed by atoms with Gasteiger partial charge >= 0.3 is 0 Å². The SMILES string of the molecule is COc1cccc([C@](C)(O)C2(C)SCCCS2)c1. The van der Waals surface area contributed by atoms with E-state index in [1.807, 2.05) is 54.7 Å². The van der Waals surface area contributed by atoms with Crippen LogP contribution < -0.4 is 4.74 Å². The fourth-order valence-corrected chi connectivity index (χ4v) is 5.27. The van der Waals surface area contributed by atoms with Gasteiger partial charge in [-0.3, -0.25) is 0 Å². The Labute approximate surface area is 117 Å². The smallest absolute Gasteiger partial charge is 0.119 e. The standard InChI is InChI=1S/C14H20O2S2/c1-13(15,14(2)17-8-5-9-18-14)11-6-4-7-12(10-11)16-3/h4,6-7,10,15H,5,8-9H2,1-3H3/t13-/m0/s1. The van der Waals surface area contributed by atoms with E-state index >= 15 is 0 Å². The first-order chi connectivity index (χ1) is 8.49. The molecule has 0 aliphatic carbocycles. The molecule has 1 heterocycles. The van der Waals surface area contributed by atoms with Crippen LogP contribution in [0.25, 0.3) is 0 Å². The quantitative estimate of drug-likeness (QED) is 0.920. The van der Waals surface area contributed by atoms with E-state index in [4.69, 9.17) is 4.74 Å². The second kappa shape index (κ2) is 5.35. The molecule has 1 N–H and O–H groups in total. The minimum atomic E-state index is -0.864. The van der Waals surface area contributed by atoms with Crippen molar-refractivity contribution in [1.29, 1.82) is 0 Å². The lowest BCUT2D eigenvalue weighted by molar-refractivity contribution is 0.0485. The lowest BCUT2D eigenvalue weighted by atomic mass is 9.92. The molecule has 1 atom stereocenters. The molecule has 0 amide bonds. The summed E-state index contributed by atoms with van der Waals surface area (Å²) < 4.78 is 5.05. The maximum atomic E-state index is 11.0. The molecule has 1 fully saturated rings. The second-order valence-corrected chi connectivity index (χ2v) is 8.09. The third-order valence-electron chi connectivity index (χ3n) is 3.56. The Balaban J connectivity index is 2.33. The van der Waals surface area contributed by atoms with Gasteiger partial charge in [0.1, 0.15) is 11.4 Å². The molecule has 4 heteroatoms. The van der Waals surface area contributed by atoms with Crippen LogP contribution in [0, 0.1) is 0 Å². The van der Waals surface area contributed by atoms with Crippen molar-refractivity contribution >= 4 is 23.5 Å². The molecule has 100 valence electrons. The number of aliphatic hydroxyl groups is 1. The first-order valence-corrected chi connectivity index (χ1v) is 8.11. The molecule has 2 nitrogen and oxygen atoms in total. The number of methoxy groups -OCH3 is 1. The molecule has 0 bridgehead atoms. The molecule has 0 spiro atoms. The van der Waals surface area contributed by atoms with E-state index in [0.29, 0.717) is 0 Å². The fraction of sp³-hybridized carbons (Fsp3) is 0.571. The number of ether oxygens (including phenoxy) is 1. The van der Waals surface area contributed by atoms with Gasteiger partial charge in [0.25, 0.3) is 0 Å². The third kappa shape index (κ3) is 2.51. The van der Waals surface area contributed by atoms with E-state index in [2.05, 4.69) is 6.92 Å². The van der Waals surface area contributed by atoms with Gasteiger partial charge in [-0.1, -0.05) is 12.1 Å². The van der Waals surface area contributed by atoms with Crippen LogP contribution in [0.15, 0.2) is 24.3 Å². The molecular formula is C14H20O2S2. The van der Waals surface area contributed by atoms with E-state index in [9.17, 15) is 5.11 Å². The topological polar surface area (TPSA) is 29.5 Å². The van der Waals surface area contributed by atoms with Gasteiger partial charge in [-0.2, -0.15) is 0 Å². The Morgan fingerprint density at radius 2 is 2.00 bits per heavy atom. The normalized spacial score (nSPS) is 22.2. The summed E-state index contributed by atoms with van der Waals surface area (Å²) in [5.41, 5.74) is 0.0587. The van der Waals surface area contributed by atoms with Gasteiger partial charge < -0.3 is 9.84 Å². The van der Waals surface area contributed by atoms with Gasteiger partial charge in [-0.15, -0.1) is 23.5 Å². The van der Waals surface area contributed by atoms with E-state index in [-0.39, 0.29) is 4.08 Å². The average Bonchev–Trinajstić information content (AvgIpc) is 2.39. The van der Waals surface area contributed by atoms with E-state index in [0.717, 1.165) is 22.8 Å². The fourth-order valence-electron chi connectivity index (χ4n) is 2.10. The van der Waals surface area contributed by atoms with Crippen molar-refractivity contribution in [3.8, 4) is 5.75 Å². The molecule has 0 aromatic heterocycles. The minimum absolute atomic E-state index is 0.197. The molecule has 0 saturated carbocycles. The van der Waals surface area contributed by atoms with Crippen LogP contribution in [-0.2, 0) is 5.60 Å². The molecule has 1 aliphatic heterocycles. The van der Waals surface area contributed by atoms with Gasteiger partial charge in [0, 0.05) is 0 Å². The van der Waals surface area contributed by atoms with E-state index in [1.165, 1.54) is 6.42 Å². The average molecular weight is 284 g/mol. The van der Waals surface area contributed by atoms with Crippen LogP contribution in [0.4, 0.5) is 0 Å². The van der Waals surface area contributed by atoms with Crippen LogP contribution in [0.3, 0.4) is 0 Å². The van der Waals surface area contributed by atoms with Crippen molar-refractivity contribution in [2.75, 3.05) is 18.6 Å². The summed E-state index contributed by atoms with van der Waals surface area (Å²) in [6.45, 7) is 4.05. The molecule has 1 aromatic rings. The van der Waals surface area contributed by atoms with Crippen LogP contribution in [-0.4, -0.2) is 27.8 Å². The molecule has 0 unspecified atom stereocenters. The molecule has 2 rings (SSSR count). The third-order valence-corrected chi connectivity index (χ3v) is 7.15. The summed E-state index contributed by atoms with van der Waals surface area (Å²) in [6, 6.07) is 7.75. The molecule has 1 aliphatic rings.